The number of anilines is 1. The average molecular weight is 251 g/mol. The number of carbonyl (C=O) groups is 1. The van der Waals surface area contributed by atoms with Crippen LogP contribution in [0, 0.1) is 0 Å². The van der Waals surface area contributed by atoms with E-state index in [0.29, 0.717) is 12.1 Å². The van der Waals surface area contributed by atoms with Crippen LogP contribution in [0.1, 0.15) is 13.3 Å². The Labute approximate surface area is 116 Å². The molecule has 1 rings (SSSR count). The van der Waals surface area contributed by atoms with E-state index in [4.69, 9.17) is 0 Å². The van der Waals surface area contributed by atoms with Crippen LogP contribution in [0.4, 0.5) is 5.69 Å². The van der Waals surface area contributed by atoms with Gasteiger partial charge in [-0.3, -0.25) is 4.79 Å². The molecule has 0 aliphatic carbocycles. The van der Waals surface area contributed by atoms with E-state index in [0.717, 1.165) is 12.1 Å². The molecule has 0 aliphatic rings. The fraction of sp³-hybridized carbons (Fsp3) is 0.222. The Morgan fingerprint density at radius 1 is 1.31 bits per heavy atom. The standard InChI is InChI=1S/C9H11NO4S.Na/c1-2-9(11)10-7-3-5-8(6-4-7)15(12,13)14;/h3-6H,2H2,1H3,(H,10,11)(H,12,13,14);/q;+1/p-1. The van der Waals surface area contributed by atoms with Crippen LogP contribution >= 0.6 is 0 Å². The average Bonchev–Trinajstić information content (AvgIpc) is 2.17. The van der Waals surface area contributed by atoms with Crippen LogP contribution in [0.5, 0.6) is 0 Å². The van der Waals surface area contributed by atoms with Crippen LogP contribution in [0.2, 0.25) is 0 Å². The van der Waals surface area contributed by atoms with Gasteiger partial charge in [0.15, 0.2) is 0 Å². The maximum Gasteiger partial charge on any atom is 1.00 e. The van der Waals surface area contributed by atoms with Crippen molar-refractivity contribution in [3.8, 4) is 0 Å². The first-order valence-corrected chi connectivity index (χ1v) is 5.70. The molecule has 0 heterocycles. The summed E-state index contributed by atoms with van der Waals surface area (Å²) < 4.78 is 31.7. The van der Waals surface area contributed by atoms with Crippen LogP contribution < -0.4 is 34.9 Å². The maximum atomic E-state index is 11.0. The summed E-state index contributed by atoms with van der Waals surface area (Å²) in [6, 6.07) is 5.07. The second-order valence-electron chi connectivity index (χ2n) is 2.88. The van der Waals surface area contributed by atoms with E-state index in [1.54, 1.807) is 6.92 Å². The number of carbonyl (C=O) groups excluding carboxylic acids is 1. The summed E-state index contributed by atoms with van der Waals surface area (Å²) in [5.74, 6) is -0.173. The molecule has 82 valence electrons. The van der Waals surface area contributed by atoms with Crippen LogP contribution in [0.15, 0.2) is 29.2 Å². The second kappa shape index (κ2) is 6.36. The first-order chi connectivity index (χ1) is 6.93. The van der Waals surface area contributed by atoms with Crippen molar-refractivity contribution in [2.45, 2.75) is 18.2 Å². The van der Waals surface area contributed by atoms with Gasteiger partial charge in [-0.1, -0.05) is 6.92 Å². The Morgan fingerprint density at radius 2 is 1.81 bits per heavy atom. The number of amides is 1. The number of hydrogen-bond acceptors (Lipinski definition) is 4. The van der Waals surface area contributed by atoms with Crippen LogP contribution in [0.25, 0.3) is 0 Å². The fourth-order valence-electron chi connectivity index (χ4n) is 0.954. The van der Waals surface area contributed by atoms with Gasteiger partial charge in [0.1, 0.15) is 10.1 Å². The number of hydrogen-bond donors (Lipinski definition) is 1. The quantitative estimate of drug-likeness (QED) is 0.494. The van der Waals surface area contributed by atoms with Gasteiger partial charge in [0.25, 0.3) is 0 Å². The zero-order valence-electron chi connectivity index (χ0n) is 9.06. The Morgan fingerprint density at radius 3 is 2.19 bits per heavy atom. The van der Waals surface area contributed by atoms with Crippen molar-refractivity contribution in [2.75, 3.05) is 5.32 Å². The zero-order valence-corrected chi connectivity index (χ0v) is 11.9. The first kappa shape index (κ1) is 15.6. The molecular formula is C9H10NNaO4S. The van der Waals surface area contributed by atoms with Gasteiger partial charge in [-0.05, 0) is 24.3 Å². The van der Waals surface area contributed by atoms with Crippen molar-refractivity contribution in [3.63, 3.8) is 0 Å². The van der Waals surface area contributed by atoms with Gasteiger partial charge in [0.2, 0.25) is 5.91 Å². The normalized spacial score (nSPS) is 10.4. The van der Waals surface area contributed by atoms with Gasteiger partial charge in [-0.2, -0.15) is 0 Å². The smallest absolute Gasteiger partial charge is 0.744 e. The van der Waals surface area contributed by atoms with Gasteiger partial charge in [-0.15, -0.1) is 0 Å². The summed E-state index contributed by atoms with van der Waals surface area (Å²) in [5, 5.41) is 2.53. The molecule has 0 atom stereocenters. The van der Waals surface area contributed by atoms with Crippen molar-refractivity contribution in [2.24, 2.45) is 0 Å². The molecule has 0 aromatic heterocycles. The fourth-order valence-corrected chi connectivity index (χ4v) is 1.42. The molecule has 5 nitrogen and oxygen atoms in total. The molecule has 0 spiro atoms. The minimum atomic E-state index is -4.42. The molecule has 0 bridgehead atoms. The third-order valence-electron chi connectivity index (χ3n) is 1.75. The van der Waals surface area contributed by atoms with Crippen LogP contribution in [0.3, 0.4) is 0 Å². The third kappa shape index (κ3) is 4.63. The van der Waals surface area contributed by atoms with E-state index >= 15 is 0 Å². The summed E-state index contributed by atoms with van der Waals surface area (Å²) in [4.78, 5) is 10.7. The minimum Gasteiger partial charge on any atom is -0.744 e. The maximum absolute atomic E-state index is 11.0. The Hall–Kier alpha value is -0.400. The van der Waals surface area contributed by atoms with Crippen molar-refractivity contribution >= 4 is 21.7 Å². The van der Waals surface area contributed by atoms with Gasteiger partial charge < -0.3 is 9.87 Å². The molecule has 1 N–H and O–H groups in total. The Bertz CT molecular complexity index is 455. The van der Waals surface area contributed by atoms with Gasteiger partial charge in [-0.25, -0.2) is 8.42 Å². The third-order valence-corrected chi connectivity index (χ3v) is 2.60. The molecule has 0 fully saturated rings. The summed E-state index contributed by atoms with van der Waals surface area (Å²) in [6.45, 7) is 1.70. The molecule has 1 aromatic carbocycles. The predicted molar refractivity (Wildman–Crippen MR) is 53.3 cm³/mol. The summed E-state index contributed by atoms with van der Waals surface area (Å²) in [7, 11) is -4.42. The van der Waals surface area contributed by atoms with Crippen LogP contribution in [-0.2, 0) is 14.9 Å². The van der Waals surface area contributed by atoms with Gasteiger partial charge >= 0.3 is 29.6 Å². The molecule has 0 aliphatic heterocycles. The number of benzene rings is 1. The molecule has 16 heavy (non-hydrogen) atoms. The van der Waals surface area contributed by atoms with Crippen molar-refractivity contribution in [1.29, 1.82) is 0 Å². The second-order valence-corrected chi connectivity index (χ2v) is 4.26. The Balaban J connectivity index is 0.00000225. The van der Waals surface area contributed by atoms with E-state index in [1.165, 1.54) is 12.1 Å². The Kier molecular flexibility index (Phi) is 6.20. The topological polar surface area (TPSA) is 86.3 Å². The van der Waals surface area contributed by atoms with E-state index in [-0.39, 0.29) is 40.4 Å². The monoisotopic (exact) mass is 251 g/mol. The van der Waals surface area contributed by atoms with E-state index in [2.05, 4.69) is 5.32 Å². The van der Waals surface area contributed by atoms with Crippen LogP contribution in [-0.4, -0.2) is 18.9 Å². The van der Waals surface area contributed by atoms with E-state index < -0.39 is 10.1 Å². The zero-order chi connectivity index (χ0) is 11.5. The molecule has 0 unspecified atom stereocenters. The number of nitrogens with one attached hydrogen (secondary N) is 1. The molecular weight excluding hydrogens is 241 g/mol. The molecule has 7 heteroatoms. The minimum absolute atomic E-state index is 0. The van der Waals surface area contributed by atoms with Gasteiger partial charge in [0, 0.05) is 12.1 Å². The SMILES string of the molecule is CCC(=O)Nc1ccc(S(=O)(=O)[O-])cc1.[Na+]. The molecule has 1 amide bonds. The summed E-state index contributed by atoms with van der Waals surface area (Å²) >= 11 is 0. The summed E-state index contributed by atoms with van der Waals surface area (Å²) in [5.41, 5.74) is 0.467. The van der Waals surface area contributed by atoms with E-state index in [9.17, 15) is 17.8 Å². The number of rotatable bonds is 3. The molecule has 0 saturated carbocycles. The predicted octanol–water partition coefficient (Wildman–Crippen LogP) is -2.06. The molecule has 1 aromatic rings. The molecule has 0 saturated heterocycles. The first-order valence-electron chi connectivity index (χ1n) is 4.29. The largest absolute Gasteiger partial charge is 1.00 e. The van der Waals surface area contributed by atoms with Crippen molar-refractivity contribution in [1.82, 2.24) is 0 Å². The van der Waals surface area contributed by atoms with E-state index in [1.807, 2.05) is 0 Å². The molecule has 0 radical (unpaired) electrons. The van der Waals surface area contributed by atoms with Crippen molar-refractivity contribution in [3.05, 3.63) is 24.3 Å². The summed E-state index contributed by atoms with van der Waals surface area (Å²) in [6.07, 6.45) is 0.335. The van der Waals surface area contributed by atoms with Gasteiger partial charge in [0.05, 0.1) is 4.90 Å². The van der Waals surface area contributed by atoms with Crippen molar-refractivity contribution < 1.29 is 47.3 Å².